The summed E-state index contributed by atoms with van der Waals surface area (Å²) in [7, 11) is 0. The van der Waals surface area contributed by atoms with Gasteiger partial charge in [0.25, 0.3) is 0 Å². The lowest BCUT2D eigenvalue weighted by atomic mass is 10.1. The summed E-state index contributed by atoms with van der Waals surface area (Å²) in [5.74, 6) is 1.47. The molecule has 1 aromatic rings. The van der Waals surface area contributed by atoms with Gasteiger partial charge in [-0.15, -0.1) is 0 Å². The summed E-state index contributed by atoms with van der Waals surface area (Å²) in [6.45, 7) is 6.79. The van der Waals surface area contributed by atoms with E-state index in [1.807, 2.05) is 25.1 Å². The summed E-state index contributed by atoms with van der Waals surface area (Å²) < 4.78 is 10.9. The van der Waals surface area contributed by atoms with E-state index in [9.17, 15) is 5.11 Å². The number of benzene rings is 1. The molecule has 2 rings (SSSR count). The van der Waals surface area contributed by atoms with E-state index in [4.69, 9.17) is 9.47 Å². The predicted molar refractivity (Wildman–Crippen MR) is 61.8 cm³/mol. The van der Waals surface area contributed by atoms with Gasteiger partial charge in [-0.25, -0.2) is 0 Å². The maximum Gasteiger partial charge on any atom is 0.129 e. The van der Waals surface area contributed by atoms with E-state index < -0.39 is 6.10 Å². The van der Waals surface area contributed by atoms with Crippen molar-refractivity contribution >= 4 is 0 Å². The largest absolute Gasteiger partial charge is 0.490 e. The molecule has 0 bridgehead atoms. The zero-order valence-corrected chi connectivity index (χ0v) is 9.40. The molecule has 1 heterocycles. The Morgan fingerprint density at radius 1 is 1.62 bits per heavy atom. The molecule has 0 amide bonds. The second-order valence-corrected chi connectivity index (χ2v) is 3.92. The Labute approximate surface area is 95.3 Å². The van der Waals surface area contributed by atoms with Crippen LogP contribution in [-0.2, 0) is 0 Å². The first kappa shape index (κ1) is 11.0. The Bertz CT molecular complexity index is 398. The first-order valence-corrected chi connectivity index (χ1v) is 5.45. The van der Waals surface area contributed by atoms with E-state index in [0.29, 0.717) is 19.0 Å². The molecular weight excluding hydrogens is 204 g/mol. The number of aliphatic hydroxyl groups excluding tert-OH is 1. The van der Waals surface area contributed by atoms with Gasteiger partial charge in [-0.1, -0.05) is 13.5 Å². The fourth-order valence-corrected chi connectivity index (χ4v) is 1.55. The van der Waals surface area contributed by atoms with Gasteiger partial charge in [0.05, 0.1) is 0 Å². The van der Waals surface area contributed by atoms with Crippen molar-refractivity contribution in [3.8, 4) is 11.5 Å². The van der Waals surface area contributed by atoms with Crippen LogP contribution in [0.25, 0.3) is 0 Å². The van der Waals surface area contributed by atoms with Gasteiger partial charge in [0.1, 0.15) is 30.8 Å². The average molecular weight is 220 g/mol. The molecule has 0 saturated heterocycles. The molecule has 0 aliphatic carbocycles. The van der Waals surface area contributed by atoms with Crippen molar-refractivity contribution in [3.63, 3.8) is 0 Å². The summed E-state index contributed by atoms with van der Waals surface area (Å²) in [6.07, 6.45) is 0.412. The first-order chi connectivity index (χ1) is 7.70. The van der Waals surface area contributed by atoms with Crippen LogP contribution in [0.2, 0.25) is 0 Å². The third-order valence-electron chi connectivity index (χ3n) is 2.68. The minimum Gasteiger partial charge on any atom is -0.490 e. The summed E-state index contributed by atoms with van der Waals surface area (Å²) in [4.78, 5) is 0. The lowest BCUT2D eigenvalue weighted by Gasteiger charge is -2.08. The monoisotopic (exact) mass is 220 g/mol. The van der Waals surface area contributed by atoms with E-state index in [1.54, 1.807) is 0 Å². The Morgan fingerprint density at radius 3 is 3.19 bits per heavy atom. The normalized spacial score (nSPS) is 17.8. The van der Waals surface area contributed by atoms with Crippen LogP contribution in [0.4, 0.5) is 0 Å². The topological polar surface area (TPSA) is 38.7 Å². The fourth-order valence-electron chi connectivity index (χ4n) is 1.55. The maximum atomic E-state index is 9.55. The van der Waals surface area contributed by atoms with Gasteiger partial charge in [0, 0.05) is 11.6 Å². The summed E-state index contributed by atoms with van der Waals surface area (Å²) in [6, 6.07) is 5.51. The molecule has 0 fully saturated rings. The molecular formula is C13H16O3. The van der Waals surface area contributed by atoms with Crippen molar-refractivity contribution in [2.75, 3.05) is 13.2 Å². The first-order valence-electron chi connectivity index (χ1n) is 5.45. The van der Waals surface area contributed by atoms with Crippen molar-refractivity contribution in [1.29, 1.82) is 0 Å². The van der Waals surface area contributed by atoms with Crippen LogP contribution in [0, 0.1) is 0 Å². The molecule has 0 spiro atoms. The molecule has 3 nitrogen and oxygen atoms in total. The molecule has 86 valence electrons. The van der Waals surface area contributed by atoms with Crippen LogP contribution in [0.3, 0.4) is 0 Å². The lowest BCUT2D eigenvalue weighted by Crippen LogP contribution is -1.99. The minimum absolute atomic E-state index is 0.334. The Balaban J connectivity index is 2.05. The van der Waals surface area contributed by atoms with Gasteiger partial charge in [0.2, 0.25) is 0 Å². The third-order valence-corrected chi connectivity index (χ3v) is 2.68. The summed E-state index contributed by atoms with van der Waals surface area (Å²) in [5.41, 5.74) is 1.89. The number of hydrogen-bond donors (Lipinski definition) is 1. The van der Waals surface area contributed by atoms with Gasteiger partial charge in [-0.05, 0) is 24.1 Å². The van der Waals surface area contributed by atoms with Crippen LogP contribution >= 0.6 is 0 Å². The van der Waals surface area contributed by atoms with Crippen LogP contribution in [0.5, 0.6) is 11.5 Å². The molecule has 1 aromatic carbocycles. The van der Waals surface area contributed by atoms with Crippen LogP contribution in [0.15, 0.2) is 30.4 Å². The van der Waals surface area contributed by atoms with Gasteiger partial charge in [-0.2, -0.15) is 0 Å². The zero-order chi connectivity index (χ0) is 11.5. The van der Waals surface area contributed by atoms with E-state index >= 15 is 0 Å². The van der Waals surface area contributed by atoms with Crippen molar-refractivity contribution in [1.82, 2.24) is 0 Å². The molecule has 1 N–H and O–H groups in total. The quantitative estimate of drug-likeness (QED) is 0.792. The standard InChI is InChI=1S/C13H16O3/c1-3-9(2)7-15-10-4-5-11-12(14)8-16-13(11)6-10/h4-6,12,14H,2-3,7-8H2,1H3. The number of ether oxygens (including phenoxy) is 2. The van der Waals surface area contributed by atoms with E-state index in [2.05, 4.69) is 6.58 Å². The average Bonchev–Trinajstić information content (AvgIpc) is 2.67. The molecule has 1 aliphatic heterocycles. The number of hydrogen-bond acceptors (Lipinski definition) is 3. The van der Waals surface area contributed by atoms with Gasteiger partial charge >= 0.3 is 0 Å². The minimum atomic E-state index is -0.505. The van der Waals surface area contributed by atoms with Crippen LogP contribution in [0.1, 0.15) is 25.0 Å². The highest BCUT2D eigenvalue weighted by molar-refractivity contribution is 5.44. The number of rotatable bonds is 4. The second-order valence-electron chi connectivity index (χ2n) is 3.92. The lowest BCUT2D eigenvalue weighted by molar-refractivity contribution is 0.140. The molecule has 3 heteroatoms. The molecule has 0 saturated carbocycles. The summed E-state index contributed by atoms with van der Waals surface area (Å²) in [5, 5.41) is 9.55. The molecule has 0 aromatic heterocycles. The Morgan fingerprint density at radius 2 is 2.44 bits per heavy atom. The predicted octanol–water partition coefficient (Wildman–Crippen LogP) is 2.46. The molecule has 1 unspecified atom stereocenters. The maximum absolute atomic E-state index is 9.55. The fraction of sp³-hybridized carbons (Fsp3) is 0.385. The number of fused-ring (bicyclic) bond motifs is 1. The van der Waals surface area contributed by atoms with Crippen molar-refractivity contribution < 1.29 is 14.6 Å². The van der Waals surface area contributed by atoms with Crippen LogP contribution in [-0.4, -0.2) is 18.3 Å². The van der Waals surface area contributed by atoms with Crippen LogP contribution < -0.4 is 9.47 Å². The Kier molecular flexibility index (Phi) is 3.15. The Hall–Kier alpha value is -1.48. The van der Waals surface area contributed by atoms with Gasteiger partial charge in [-0.3, -0.25) is 0 Å². The van der Waals surface area contributed by atoms with Gasteiger partial charge < -0.3 is 14.6 Å². The van der Waals surface area contributed by atoms with E-state index in [1.165, 1.54) is 0 Å². The van der Waals surface area contributed by atoms with Crippen molar-refractivity contribution in [3.05, 3.63) is 35.9 Å². The van der Waals surface area contributed by atoms with Crippen molar-refractivity contribution in [2.45, 2.75) is 19.4 Å². The molecule has 16 heavy (non-hydrogen) atoms. The molecule has 0 radical (unpaired) electrons. The number of aliphatic hydroxyl groups is 1. The highest BCUT2D eigenvalue weighted by Gasteiger charge is 2.21. The molecule has 1 atom stereocenters. The van der Waals surface area contributed by atoms with Gasteiger partial charge in [0.15, 0.2) is 0 Å². The van der Waals surface area contributed by atoms with Crippen molar-refractivity contribution in [2.24, 2.45) is 0 Å². The highest BCUT2D eigenvalue weighted by atomic mass is 16.5. The molecule has 1 aliphatic rings. The third kappa shape index (κ3) is 2.19. The SMILES string of the molecule is C=C(CC)COc1ccc2c(c1)OCC2O. The second kappa shape index (κ2) is 4.58. The van der Waals surface area contributed by atoms with E-state index in [-0.39, 0.29) is 0 Å². The highest BCUT2D eigenvalue weighted by Crippen LogP contribution is 2.35. The smallest absolute Gasteiger partial charge is 0.129 e. The zero-order valence-electron chi connectivity index (χ0n) is 9.40. The summed E-state index contributed by atoms with van der Waals surface area (Å²) >= 11 is 0. The van der Waals surface area contributed by atoms with E-state index in [0.717, 1.165) is 23.3 Å².